The van der Waals surface area contributed by atoms with Crippen molar-refractivity contribution in [3.8, 4) is 11.3 Å². The number of hydrogen-bond acceptors (Lipinski definition) is 2. The summed E-state index contributed by atoms with van der Waals surface area (Å²) in [6.45, 7) is 0.713. The van der Waals surface area contributed by atoms with Crippen molar-refractivity contribution < 1.29 is 4.79 Å². The molecule has 26 heavy (non-hydrogen) atoms. The van der Waals surface area contributed by atoms with Crippen LogP contribution in [0.25, 0.3) is 22.2 Å². The minimum Gasteiger partial charge on any atom is -0.350 e. The molecular formula is C22H19N3O. The summed E-state index contributed by atoms with van der Waals surface area (Å²) in [5.41, 5.74) is 3.99. The largest absolute Gasteiger partial charge is 0.350 e. The molecule has 0 atom stereocenters. The van der Waals surface area contributed by atoms with Gasteiger partial charge < -0.3 is 5.32 Å². The number of nitrogens with zero attached hydrogens (tertiary/aromatic N) is 2. The zero-order valence-corrected chi connectivity index (χ0v) is 14.3. The number of para-hydroxylation sites is 1. The molecule has 3 aromatic carbocycles. The van der Waals surface area contributed by atoms with Crippen LogP contribution in [-0.2, 0) is 17.9 Å². The second-order valence-corrected chi connectivity index (χ2v) is 6.15. The van der Waals surface area contributed by atoms with Gasteiger partial charge in [0.05, 0.1) is 5.52 Å². The lowest BCUT2D eigenvalue weighted by Gasteiger charge is -2.06. The lowest BCUT2D eigenvalue weighted by Crippen LogP contribution is -2.27. The number of rotatable bonds is 5. The summed E-state index contributed by atoms with van der Waals surface area (Å²) in [7, 11) is 0. The normalized spacial score (nSPS) is 10.8. The molecular weight excluding hydrogens is 322 g/mol. The Labute approximate surface area is 152 Å². The molecule has 4 heteroatoms. The van der Waals surface area contributed by atoms with Crippen LogP contribution in [0.1, 0.15) is 5.56 Å². The number of carbonyl (C=O) groups is 1. The number of amides is 1. The van der Waals surface area contributed by atoms with Crippen LogP contribution in [-0.4, -0.2) is 15.7 Å². The molecule has 4 rings (SSSR count). The van der Waals surface area contributed by atoms with E-state index in [1.807, 2.05) is 84.9 Å². The number of carbonyl (C=O) groups excluding carboxylic acids is 1. The molecule has 1 heterocycles. The first-order valence-electron chi connectivity index (χ1n) is 8.63. The van der Waals surface area contributed by atoms with Gasteiger partial charge in [-0.15, -0.1) is 0 Å². The van der Waals surface area contributed by atoms with Gasteiger partial charge in [0, 0.05) is 17.5 Å². The van der Waals surface area contributed by atoms with Crippen LogP contribution >= 0.6 is 0 Å². The lowest BCUT2D eigenvalue weighted by atomic mass is 10.1. The molecule has 1 aromatic heterocycles. The Bertz CT molecular complexity index is 1020. The van der Waals surface area contributed by atoms with Gasteiger partial charge in [0.2, 0.25) is 5.91 Å². The summed E-state index contributed by atoms with van der Waals surface area (Å²) < 4.78 is 1.78. The highest BCUT2D eigenvalue weighted by atomic mass is 16.2. The standard InChI is InChI=1S/C22H19N3O/c26-21(23-15-17-9-3-1-4-10-17)16-25-20-14-8-7-13-19(20)22(24-25)18-11-5-2-6-12-18/h1-14H,15-16H2,(H,23,26). The summed E-state index contributed by atoms with van der Waals surface area (Å²) in [5, 5.41) is 8.72. The molecule has 0 saturated carbocycles. The third-order valence-corrected chi connectivity index (χ3v) is 4.33. The Balaban J connectivity index is 1.58. The Kier molecular flexibility index (Phi) is 4.48. The smallest absolute Gasteiger partial charge is 0.242 e. The van der Waals surface area contributed by atoms with E-state index in [0.717, 1.165) is 27.7 Å². The summed E-state index contributed by atoms with van der Waals surface area (Å²) in [6.07, 6.45) is 0. The molecule has 4 aromatic rings. The van der Waals surface area contributed by atoms with Gasteiger partial charge in [-0.2, -0.15) is 5.10 Å². The number of fused-ring (bicyclic) bond motifs is 1. The minimum atomic E-state index is -0.0540. The molecule has 0 radical (unpaired) electrons. The fourth-order valence-corrected chi connectivity index (χ4v) is 3.05. The van der Waals surface area contributed by atoms with Gasteiger partial charge in [-0.3, -0.25) is 9.48 Å². The monoisotopic (exact) mass is 341 g/mol. The third-order valence-electron chi connectivity index (χ3n) is 4.33. The maximum Gasteiger partial charge on any atom is 0.242 e. The first kappa shape index (κ1) is 16.1. The van der Waals surface area contributed by atoms with Crippen molar-refractivity contribution in [2.45, 2.75) is 13.1 Å². The highest BCUT2D eigenvalue weighted by Gasteiger charge is 2.13. The number of nitrogens with one attached hydrogen (secondary N) is 1. The van der Waals surface area contributed by atoms with E-state index >= 15 is 0 Å². The highest BCUT2D eigenvalue weighted by Crippen LogP contribution is 2.27. The van der Waals surface area contributed by atoms with E-state index in [-0.39, 0.29) is 12.5 Å². The van der Waals surface area contributed by atoms with E-state index in [0.29, 0.717) is 6.54 Å². The summed E-state index contributed by atoms with van der Waals surface area (Å²) in [6, 6.07) is 28.0. The highest BCUT2D eigenvalue weighted by molar-refractivity contribution is 5.94. The van der Waals surface area contributed by atoms with Crippen molar-refractivity contribution in [3.63, 3.8) is 0 Å². The van der Waals surface area contributed by atoms with E-state index in [1.54, 1.807) is 4.68 Å². The van der Waals surface area contributed by atoms with Crippen molar-refractivity contribution in [1.82, 2.24) is 15.1 Å². The molecule has 4 nitrogen and oxygen atoms in total. The summed E-state index contributed by atoms with van der Waals surface area (Å²) in [5.74, 6) is -0.0540. The van der Waals surface area contributed by atoms with E-state index < -0.39 is 0 Å². The van der Waals surface area contributed by atoms with E-state index in [1.165, 1.54) is 0 Å². The molecule has 0 aliphatic carbocycles. The first-order chi connectivity index (χ1) is 12.8. The van der Waals surface area contributed by atoms with Crippen LogP contribution in [0, 0.1) is 0 Å². The van der Waals surface area contributed by atoms with Crippen LogP contribution in [0.5, 0.6) is 0 Å². The molecule has 0 aliphatic heterocycles. The molecule has 0 bridgehead atoms. The van der Waals surface area contributed by atoms with E-state index in [9.17, 15) is 4.79 Å². The predicted molar refractivity (Wildman–Crippen MR) is 103 cm³/mol. The van der Waals surface area contributed by atoms with Crippen LogP contribution in [0.3, 0.4) is 0 Å². The number of hydrogen-bond donors (Lipinski definition) is 1. The van der Waals surface area contributed by atoms with Crippen LogP contribution in [0.2, 0.25) is 0 Å². The minimum absolute atomic E-state index is 0.0540. The van der Waals surface area contributed by atoms with Crippen molar-refractivity contribution >= 4 is 16.8 Å². The molecule has 1 amide bonds. The van der Waals surface area contributed by atoms with Crippen LogP contribution in [0.4, 0.5) is 0 Å². The molecule has 1 N–H and O–H groups in total. The van der Waals surface area contributed by atoms with Crippen molar-refractivity contribution in [3.05, 3.63) is 90.5 Å². The number of benzene rings is 3. The zero-order chi connectivity index (χ0) is 17.8. The van der Waals surface area contributed by atoms with E-state index in [2.05, 4.69) is 5.32 Å². The lowest BCUT2D eigenvalue weighted by molar-refractivity contribution is -0.121. The quantitative estimate of drug-likeness (QED) is 0.596. The average molecular weight is 341 g/mol. The molecule has 0 unspecified atom stereocenters. The Morgan fingerprint density at radius 3 is 2.27 bits per heavy atom. The van der Waals surface area contributed by atoms with Crippen molar-refractivity contribution in [1.29, 1.82) is 0 Å². The second-order valence-electron chi connectivity index (χ2n) is 6.15. The Morgan fingerprint density at radius 1 is 0.846 bits per heavy atom. The maximum atomic E-state index is 12.4. The van der Waals surface area contributed by atoms with Crippen molar-refractivity contribution in [2.24, 2.45) is 0 Å². The Hall–Kier alpha value is -3.40. The third kappa shape index (κ3) is 3.35. The average Bonchev–Trinajstić information content (AvgIpc) is 3.06. The molecule has 0 saturated heterocycles. The summed E-state index contributed by atoms with van der Waals surface area (Å²) >= 11 is 0. The first-order valence-corrected chi connectivity index (χ1v) is 8.63. The second kappa shape index (κ2) is 7.23. The van der Waals surface area contributed by atoms with Gasteiger partial charge >= 0.3 is 0 Å². The van der Waals surface area contributed by atoms with Gasteiger partial charge in [-0.1, -0.05) is 78.9 Å². The zero-order valence-electron chi connectivity index (χ0n) is 14.3. The molecule has 0 fully saturated rings. The number of aromatic nitrogens is 2. The van der Waals surface area contributed by atoms with Gasteiger partial charge in [-0.25, -0.2) is 0 Å². The maximum absolute atomic E-state index is 12.4. The van der Waals surface area contributed by atoms with Crippen molar-refractivity contribution in [2.75, 3.05) is 0 Å². The Morgan fingerprint density at radius 2 is 1.50 bits per heavy atom. The predicted octanol–water partition coefficient (Wildman–Crippen LogP) is 4.02. The SMILES string of the molecule is O=C(Cn1nc(-c2ccccc2)c2ccccc21)NCc1ccccc1. The molecule has 0 spiro atoms. The van der Waals surface area contributed by atoms with Gasteiger partial charge in [0.15, 0.2) is 0 Å². The topological polar surface area (TPSA) is 46.9 Å². The molecule has 128 valence electrons. The van der Waals surface area contributed by atoms with Gasteiger partial charge in [0.25, 0.3) is 0 Å². The molecule has 0 aliphatic rings. The fraction of sp³-hybridized carbons (Fsp3) is 0.0909. The fourth-order valence-electron chi connectivity index (χ4n) is 3.05. The van der Waals surface area contributed by atoms with E-state index in [4.69, 9.17) is 5.10 Å². The van der Waals surface area contributed by atoms with Gasteiger partial charge in [-0.05, 0) is 11.6 Å². The van der Waals surface area contributed by atoms with Crippen LogP contribution in [0.15, 0.2) is 84.9 Å². The summed E-state index contributed by atoms with van der Waals surface area (Å²) in [4.78, 5) is 12.4. The van der Waals surface area contributed by atoms with Crippen LogP contribution < -0.4 is 5.32 Å². The van der Waals surface area contributed by atoms with Gasteiger partial charge in [0.1, 0.15) is 12.2 Å².